The van der Waals surface area contributed by atoms with Crippen molar-refractivity contribution in [1.29, 1.82) is 0 Å². The van der Waals surface area contributed by atoms with E-state index in [1.54, 1.807) is 0 Å². The van der Waals surface area contributed by atoms with Crippen LogP contribution in [0.25, 0.3) is 0 Å². The van der Waals surface area contributed by atoms with E-state index in [-0.39, 0.29) is 5.91 Å². The molecule has 0 radical (unpaired) electrons. The molecule has 1 N–H and O–H groups in total. The van der Waals surface area contributed by atoms with Crippen molar-refractivity contribution < 1.29 is 4.79 Å². The number of carbonyl (C=O) groups is 1. The van der Waals surface area contributed by atoms with Crippen LogP contribution in [0.1, 0.15) is 42.1 Å². The molecule has 2 atom stereocenters. The molecule has 92 valence electrons. The average molecular weight is 296 g/mol. The minimum Gasteiger partial charge on any atom is -0.349 e. The number of aryl methyl sites for hydroxylation is 1. The summed E-state index contributed by atoms with van der Waals surface area (Å²) in [6.45, 7) is 4.16. The first kappa shape index (κ1) is 12.6. The largest absolute Gasteiger partial charge is 0.349 e. The molecule has 0 saturated heterocycles. The van der Waals surface area contributed by atoms with Gasteiger partial charge in [0.2, 0.25) is 0 Å². The first-order chi connectivity index (χ1) is 8.11. The van der Waals surface area contributed by atoms with Gasteiger partial charge in [0.15, 0.2) is 0 Å². The van der Waals surface area contributed by atoms with Gasteiger partial charge in [-0.1, -0.05) is 35.3 Å². The maximum absolute atomic E-state index is 12.1. The van der Waals surface area contributed by atoms with Crippen LogP contribution in [0.2, 0.25) is 0 Å². The van der Waals surface area contributed by atoms with Crippen LogP contribution < -0.4 is 5.32 Å². The predicted molar refractivity (Wildman–Crippen MR) is 73.1 cm³/mol. The summed E-state index contributed by atoms with van der Waals surface area (Å²) in [5.74, 6) is 0.767. The normalized spacial score (nSPS) is 22.3. The first-order valence-corrected chi connectivity index (χ1v) is 6.98. The van der Waals surface area contributed by atoms with Crippen LogP contribution in [0.15, 0.2) is 22.7 Å². The van der Waals surface area contributed by atoms with Gasteiger partial charge >= 0.3 is 0 Å². The topological polar surface area (TPSA) is 29.1 Å². The summed E-state index contributed by atoms with van der Waals surface area (Å²) in [5.41, 5.74) is 1.81. The highest BCUT2D eigenvalue weighted by Gasteiger charge is 2.37. The lowest BCUT2D eigenvalue weighted by Crippen LogP contribution is -2.27. The number of hydrogen-bond acceptors (Lipinski definition) is 1. The van der Waals surface area contributed by atoms with E-state index in [0.717, 1.165) is 22.0 Å². The van der Waals surface area contributed by atoms with Gasteiger partial charge in [-0.2, -0.15) is 0 Å². The Morgan fingerprint density at radius 3 is 3.00 bits per heavy atom. The van der Waals surface area contributed by atoms with Gasteiger partial charge in [-0.15, -0.1) is 0 Å². The molecule has 2 unspecified atom stereocenters. The standard InChI is InChI=1S/C14H18BrNO/c1-3-4-10-7-13(10)16-14(17)12-8-11(15)6-5-9(12)2/h5-6,8,10,13H,3-4,7H2,1-2H3,(H,16,17). The minimum atomic E-state index is 0.0624. The van der Waals surface area contributed by atoms with Crippen molar-refractivity contribution in [3.8, 4) is 0 Å². The lowest BCUT2D eigenvalue weighted by atomic mass is 10.1. The number of amides is 1. The van der Waals surface area contributed by atoms with Gasteiger partial charge in [0, 0.05) is 16.1 Å². The fourth-order valence-electron chi connectivity index (χ4n) is 2.20. The highest BCUT2D eigenvalue weighted by Crippen LogP contribution is 2.34. The molecule has 1 amide bonds. The third-order valence-corrected chi connectivity index (χ3v) is 3.84. The summed E-state index contributed by atoms with van der Waals surface area (Å²) in [6.07, 6.45) is 3.57. The molecular formula is C14H18BrNO. The van der Waals surface area contributed by atoms with E-state index in [2.05, 4.69) is 28.2 Å². The fraction of sp³-hybridized carbons (Fsp3) is 0.500. The predicted octanol–water partition coefficient (Wildman–Crippen LogP) is 3.68. The number of rotatable bonds is 4. The Labute approximate surface area is 111 Å². The van der Waals surface area contributed by atoms with Gasteiger partial charge in [-0.25, -0.2) is 0 Å². The number of nitrogens with one attached hydrogen (secondary N) is 1. The molecular weight excluding hydrogens is 278 g/mol. The van der Waals surface area contributed by atoms with Gasteiger partial charge in [-0.3, -0.25) is 4.79 Å². The van der Waals surface area contributed by atoms with Crippen LogP contribution in [-0.2, 0) is 0 Å². The monoisotopic (exact) mass is 295 g/mol. The van der Waals surface area contributed by atoms with Crippen molar-refractivity contribution in [3.63, 3.8) is 0 Å². The molecule has 1 aliphatic rings. The van der Waals surface area contributed by atoms with Gasteiger partial charge in [0.05, 0.1) is 0 Å². The lowest BCUT2D eigenvalue weighted by molar-refractivity contribution is 0.0948. The third kappa shape index (κ3) is 3.09. The van der Waals surface area contributed by atoms with Crippen LogP contribution >= 0.6 is 15.9 Å². The Kier molecular flexibility index (Phi) is 3.87. The zero-order valence-electron chi connectivity index (χ0n) is 10.3. The summed E-state index contributed by atoms with van der Waals surface area (Å²) >= 11 is 3.40. The minimum absolute atomic E-state index is 0.0624. The average Bonchev–Trinajstić information content (AvgIpc) is 3.00. The highest BCUT2D eigenvalue weighted by molar-refractivity contribution is 9.10. The lowest BCUT2D eigenvalue weighted by Gasteiger charge is -2.07. The molecule has 0 aromatic heterocycles. The molecule has 1 aromatic rings. The number of benzene rings is 1. The smallest absolute Gasteiger partial charge is 0.251 e. The number of halogens is 1. The quantitative estimate of drug-likeness (QED) is 0.902. The van der Waals surface area contributed by atoms with Crippen molar-refractivity contribution in [1.82, 2.24) is 5.32 Å². The second-order valence-electron chi connectivity index (χ2n) is 4.82. The van der Waals surface area contributed by atoms with Crippen LogP contribution in [0.4, 0.5) is 0 Å². The Bertz CT molecular complexity index is 430. The zero-order chi connectivity index (χ0) is 12.4. The number of hydrogen-bond donors (Lipinski definition) is 1. The second-order valence-corrected chi connectivity index (χ2v) is 5.74. The van der Waals surface area contributed by atoms with E-state index in [1.807, 2.05) is 25.1 Å². The molecule has 0 heterocycles. The summed E-state index contributed by atoms with van der Waals surface area (Å²) in [5, 5.41) is 3.11. The maximum atomic E-state index is 12.1. The van der Waals surface area contributed by atoms with E-state index >= 15 is 0 Å². The molecule has 0 spiro atoms. The maximum Gasteiger partial charge on any atom is 0.251 e. The summed E-state index contributed by atoms with van der Waals surface area (Å²) in [4.78, 5) is 12.1. The van der Waals surface area contributed by atoms with Crippen LogP contribution in [-0.4, -0.2) is 11.9 Å². The Morgan fingerprint density at radius 1 is 1.53 bits per heavy atom. The first-order valence-electron chi connectivity index (χ1n) is 6.19. The summed E-state index contributed by atoms with van der Waals surface area (Å²) in [7, 11) is 0. The van der Waals surface area contributed by atoms with Crippen LogP contribution in [0.5, 0.6) is 0 Å². The SMILES string of the molecule is CCCC1CC1NC(=O)c1cc(Br)ccc1C. The van der Waals surface area contributed by atoms with Crippen LogP contribution in [0.3, 0.4) is 0 Å². The molecule has 1 fully saturated rings. The summed E-state index contributed by atoms with van der Waals surface area (Å²) in [6, 6.07) is 6.22. The second kappa shape index (κ2) is 5.21. The van der Waals surface area contributed by atoms with Gasteiger partial charge in [0.25, 0.3) is 5.91 Å². The van der Waals surface area contributed by atoms with Gasteiger partial charge in [0.1, 0.15) is 0 Å². The van der Waals surface area contributed by atoms with Crippen molar-refractivity contribution in [2.75, 3.05) is 0 Å². The van der Waals surface area contributed by atoms with Crippen LogP contribution in [0, 0.1) is 12.8 Å². The fourth-order valence-corrected chi connectivity index (χ4v) is 2.56. The molecule has 2 rings (SSSR count). The van der Waals surface area contributed by atoms with Crippen molar-refractivity contribution in [3.05, 3.63) is 33.8 Å². The molecule has 0 bridgehead atoms. The molecule has 17 heavy (non-hydrogen) atoms. The Morgan fingerprint density at radius 2 is 2.29 bits per heavy atom. The molecule has 1 saturated carbocycles. The van der Waals surface area contributed by atoms with Crippen molar-refractivity contribution >= 4 is 21.8 Å². The van der Waals surface area contributed by atoms with E-state index in [4.69, 9.17) is 0 Å². The van der Waals surface area contributed by atoms with E-state index < -0.39 is 0 Å². The molecule has 3 heteroatoms. The van der Waals surface area contributed by atoms with Gasteiger partial charge < -0.3 is 5.32 Å². The van der Waals surface area contributed by atoms with E-state index in [9.17, 15) is 4.79 Å². The van der Waals surface area contributed by atoms with Gasteiger partial charge in [-0.05, 0) is 43.4 Å². The molecule has 1 aliphatic carbocycles. The molecule has 1 aromatic carbocycles. The Balaban J connectivity index is 1.98. The Hall–Kier alpha value is -0.830. The van der Waals surface area contributed by atoms with Crippen molar-refractivity contribution in [2.45, 2.75) is 39.2 Å². The van der Waals surface area contributed by atoms with E-state index in [1.165, 1.54) is 12.8 Å². The molecule has 0 aliphatic heterocycles. The summed E-state index contributed by atoms with van der Waals surface area (Å²) < 4.78 is 0.953. The van der Waals surface area contributed by atoms with E-state index in [0.29, 0.717) is 12.0 Å². The highest BCUT2D eigenvalue weighted by atomic mass is 79.9. The zero-order valence-corrected chi connectivity index (χ0v) is 11.9. The van der Waals surface area contributed by atoms with Crippen molar-refractivity contribution in [2.24, 2.45) is 5.92 Å². The number of carbonyl (C=O) groups excluding carboxylic acids is 1. The third-order valence-electron chi connectivity index (χ3n) is 3.34. The molecule has 2 nitrogen and oxygen atoms in total.